The van der Waals surface area contributed by atoms with Gasteiger partial charge < -0.3 is 60.6 Å². The summed E-state index contributed by atoms with van der Waals surface area (Å²) in [7, 11) is -12.1. The molecule has 19 nitrogen and oxygen atoms in total. The second-order valence-electron chi connectivity index (χ2n) is 19.7. The maximum absolute atomic E-state index is 12.3. The second-order valence-corrected chi connectivity index (χ2v) is 44.7. The van der Waals surface area contributed by atoms with Crippen LogP contribution in [0, 0.1) is 11.5 Å². The van der Waals surface area contributed by atoms with Gasteiger partial charge in [0.1, 0.15) is 26.4 Å². The number of nitrogens with zero attached hydrogens (tertiary/aromatic N) is 1. The Bertz CT molecular complexity index is 1650. The Kier molecular flexibility index (Phi) is 49.4. The standard InChI is InChI=1S/C25H48N2O9Si3.C12H32O4Si3.C7H9NO3.4CH4/c1-20(2)22(28)18-27-23(29)19-38(7,8)36-39(9,10)35-37(5,6)17-11-13-32-15-16-34-25(31)26-12-14-33-24(30)21(3)4;1-17(2,3)15-19(6,7)16-18(4,5)12-8-10-14-11-9-13;1-6(2)7(9)11-4-3-10-5-8;;;;/h1,3,11-19H2,2,4-10H3,(H,26,31)(H,27,29);13H,8-12H2,1-7H3;1,3-4H2,2H3;4*1H4. The highest BCUT2D eigenvalue weighted by atomic mass is 28.5. The molecule has 73 heavy (non-hydrogen) atoms. The van der Waals surface area contributed by atoms with Gasteiger partial charge in [0.05, 0.1) is 32.9 Å². The summed E-state index contributed by atoms with van der Waals surface area (Å²) in [6.45, 7) is 45.3. The van der Waals surface area contributed by atoms with E-state index in [4.69, 9.17) is 45.8 Å². The molecule has 0 aliphatic heterocycles. The largest absolute Gasteiger partial charge is 0.460 e. The number of rotatable bonds is 34. The van der Waals surface area contributed by atoms with Gasteiger partial charge >= 0.3 is 35.2 Å². The molecule has 0 saturated carbocycles. The summed E-state index contributed by atoms with van der Waals surface area (Å²) in [5, 5.41) is 21.7. The van der Waals surface area contributed by atoms with E-state index in [2.05, 4.69) is 98.8 Å². The lowest BCUT2D eigenvalue weighted by Crippen LogP contribution is -2.53. The molecular weight excluding hydrogens is 1040 g/mol. The fourth-order valence-electron chi connectivity index (χ4n) is 6.17. The summed E-state index contributed by atoms with van der Waals surface area (Å²) >= 11 is 0. The Balaban J connectivity index is -0.000000213. The van der Waals surface area contributed by atoms with Crippen molar-refractivity contribution >= 4 is 80.1 Å². The van der Waals surface area contributed by atoms with Gasteiger partial charge in [-0.1, -0.05) is 49.4 Å². The highest BCUT2D eigenvalue weighted by Gasteiger charge is 2.41. The van der Waals surface area contributed by atoms with Crippen molar-refractivity contribution in [1.29, 1.82) is 5.26 Å². The monoisotopic (exact) mass is 1150 g/mol. The molecule has 0 atom stereocenters. The van der Waals surface area contributed by atoms with E-state index in [1.54, 1.807) is 20.8 Å². The Morgan fingerprint density at radius 2 is 0.959 bits per heavy atom. The average Bonchev–Trinajstić information content (AvgIpc) is 3.17. The van der Waals surface area contributed by atoms with Crippen molar-refractivity contribution in [3.8, 4) is 6.26 Å². The van der Waals surface area contributed by atoms with Crippen LogP contribution in [0.1, 0.15) is 63.3 Å². The Morgan fingerprint density at radius 3 is 1.38 bits per heavy atom. The Morgan fingerprint density at radius 1 is 0.534 bits per heavy atom. The topological polar surface area (TPSA) is 246 Å². The minimum absolute atomic E-state index is 0. The number of ether oxygens (including phenoxy) is 6. The number of carbonyl (C=O) groups excluding carboxylic acids is 5. The molecule has 0 aliphatic carbocycles. The van der Waals surface area contributed by atoms with Crippen LogP contribution in [0.15, 0.2) is 36.5 Å². The lowest BCUT2D eigenvalue weighted by Gasteiger charge is -2.38. The summed E-state index contributed by atoms with van der Waals surface area (Å²) in [6.07, 6.45) is 2.64. The summed E-state index contributed by atoms with van der Waals surface area (Å²) in [5.74, 6) is -1.36. The second kappa shape index (κ2) is 43.0. The van der Waals surface area contributed by atoms with E-state index in [0.717, 1.165) is 24.9 Å². The van der Waals surface area contributed by atoms with E-state index in [-0.39, 0.29) is 100 Å². The molecule has 0 aliphatic rings. The molecule has 0 fully saturated rings. The molecule has 0 rings (SSSR count). The fraction of sp³-hybridized carbons (Fsp3) is 0.750. The molecule has 25 heteroatoms. The predicted octanol–water partition coefficient (Wildman–Crippen LogP) is 9.95. The number of Topliss-reactive ketones (excluding diaryl/α,β-unsaturated/α-hetero) is 1. The zero-order chi connectivity index (χ0) is 54.1. The van der Waals surface area contributed by atoms with Gasteiger partial charge in [-0.2, -0.15) is 5.26 Å². The molecular formula is C48H105N3O16Si6. The van der Waals surface area contributed by atoms with Crippen LogP contribution in [0.5, 0.6) is 0 Å². The van der Waals surface area contributed by atoms with Crippen molar-refractivity contribution in [3.63, 3.8) is 0 Å². The number of carbonyl (C=O) groups is 5. The van der Waals surface area contributed by atoms with Gasteiger partial charge in [-0.3, -0.25) is 9.59 Å². The molecule has 2 amide bonds. The van der Waals surface area contributed by atoms with Crippen molar-refractivity contribution in [2.75, 3.05) is 72.6 Å². The molecule has 0 bridgehead atoms. The molecule has 432 valence electrons. The first kappa shape index (κ1) is 83.9. The third-order valence-corrected chi connectivity index (χ3v) is 29.5. The van der Waals surface area contributed by atoms with Gasteiger partial charge in [0.2, 0.25) is 5.91 Å². The number of alkyl carbamates (subject to hydrolysis) is 1. The van der Waals surface area contributed by atoms with Gasteiger partial charge in [0.25, 0.3) is 6.26 Å². The maximum Gasteiger partial charge on any atom is 0.407 e. The van der Waals surface area contributed by atoms with E-state index in [1.807, 2.05) is 26.2 Å². The Labute approximate surface area is 449 Å². The number of amides is 2. The third kappa shape index (κ3) is 54.9. The third-order valence-electron chi connectivity index (χ3n) is 8.24. The Hall–Kier alpha value is -3.12. The molecule has 0 unspecified atom stereocenters. The number of nitrogens with one attached hydrogen (secondary N) is 2. The van der Waals surface area contributed by atoms with E-state index in [9.17, 15) is 24.0 Å². The van der Waals surface area contributed by atoms with Gasteiger partial charge in [-0.05, 0) is 136 Å². The summed E-state index contributed by atoms with van der Waals surface area (Å²) in [5.41, 5.74) is 1.04. The minimum Gasteiger partial charge on any atom is -0.460 e. The van der Waals surface area contributed by atoms with E-state index in [0.29, 0.717) is 36.5 Å². The normalized spacial score (nSPS) is 11.2. The number of ketones is 1. The van der Waals surface area contributed by atoms with Gasteiger partial charge in [0.15, 0.2) is 39.1 Å². The predicted molar refractivity (Wildman–Crippen MR) is 310 cm³/mol. The smallest absolute Gasteiger partial charge is 0.407 e. The first-order chi connectivity index (χ1) is 31.5. The lowest BCUT2D eigenvalue weighted by atomic mass is 10.2. The van der Waals surface area contributed by atoms with Crippen LogP contribution in [0.4, 0.5) is 4.79 Å². The lowest BCUT2D eigenvalue weighted by molar-refractivity contribution is -0.140. The zero-order valence-corrected chi connectivity index (χ0v) is 51.0. The van der Waals surface area contributed by atoms with Crippen LogP contribution < -0.4 is 10.6 Å². The van der Waals surface area contributed by atoms with Crippen LogP contribution in [0.3, 0.4) is 0 Å². The number of hydrogen-bond acceptors (Lipinski definition) is 17. The first-order valence-corrected chi connectivity index (χ1v) is 41.5. The van der Waals surface area contributed by atoms with Gasteiger partial charge in [0, 0.05) is 30.4 Å². The SMILES string of the molecule is C.C.C.C.C=C(C)C(=O)CNC(=O)C[Si](C)(C)O[Si](C)(C)O[Si](C)(C)CCCOCCOC(=O)NCCOC(=O)C(=C)C.C=C(C)C(=O)OCCOC#N.C[Si](C)(C)O[Si](C)(C)O[Si](C)(C)CCCOCCO. The quantitative estimate of drug-likeness (QED) is 0.0135. The van der Waals surface area contributed by atoms with Crippen molar-refractivity contribution in [1.82, 2.24) is 10.6 Å². The maximum atomic E-state index is 12.3. The number of hydrogen-bond donors (Lipinski definition) is 3. The van der Waals surface area contributed by atoms with Crippen molar-refractivity contribution < 1.29 is 74.0 Å². The molecule has 0 aromatic carbocycles. The van der Waals surface area contributed by atoms with Crippen LogP contribution in [0.25, 0.3) is 0 Å². The van der Waals surface area contributed by atoms with Crippen LogP contribution in [-0.2, 0) is 64.1 Å². The zero-order valence-electron chi connectivity index (χ0n) is 45.0. The summed E-state index contributed by atoms with van der Waals surface area (Å²) in [6, 6.07) is 2.18. The van der Waals surface area contributed by atoms with Gasteiger partial charge in [-0.25, -0.2) is 14.4 Å². The van der Waals surface area contributed by atoms with E-state index >= 15 is 0 Å². The summed E-state index contributed by atoms with van der Waals surface area (Å²) in [4.78, 5) is 57.5. The van der Waals surface area contributed by atoms with Crippen molar-refractivity contribution in [3.05, 3.63) is 36.5 Å². The molecule has 0 aromatic heterocycles. The molecule has 0 spiro atoms. The highest BCUT2D eigenvalue weighted by Crippen LogP contribution is 2.26. The fourth-order valence-corrected chi connectivity index (χ4v) is 33.1. The number of esters is 2. The number of aliphatic hydroxyl groups is 1. The van der Waals surface area contributed by atoms with Crippen LogP contribution in [0.2, 0.25) is 103 Å². The first-order valence-electron chi connectivity index (χ1n) is 23.1. The minimum atomic E-state index is -2.50. The average molecular weight is 1150 g/mol. The number of aliphatic hydroxyl groups excluding tert-OH is 1. The van der Waals surface area contributed by atoms with E-state index < -0.39 is 68.4 Å². The molecule has 0 aromatic rings. The van der Waals surface area contributed by atoms with Gasteiger partial charge in [-0.15, -0.1) is 0 Å². The van der Waals surface area contributed by atoms with Crippen LogP contribution in [-0.4, -0.2) is 158 Å². The molecule has 0 heterocycles. The van der Waals surface area contributed by atoms with Crippen LogP contribution >= 0.6 is 0 Å². The summed E-state index contributed by atoms with van der Waals surface area (Å²) < 4.78 is 55.2. The van der Waals surface area contributed by atoms with Crippen molar-refractivity contribution in [2.24, 2.45) is 0 Å². The highest BCUT2D eigenvalue weighted by molar-refractivity contribution is 6.89. The molecule has 0 radical (unpaired) electrons. The van der Waals surface area contributed by atoms with E-state index in [1.165, 1.54) is 6.26 Å². The van der Waals surface area contributed by atoms with Crippen molar-refractivity contribution in [2.45, 2.75) is 167 Å². The molecule has 3 N–H and O–H groups in total. The molecule has 0 saturated heterocycles. The number of nitriles is 1.